The van der Waals surface area contributed by atoms with Gasteiger partial charge in [-0.25, -0.2) is 14.3 Å². The van der Waals surface area contributed by atoms with Crippen molar-refractivity contribution < 1.29 is 27.9 Å². The Morgan fingerprint density at radius 3 is 2.50 bits per heavy atom. The number of rotatable bonds is 5. The molecule has 0 aliphatic rings. The second-order valence-electron chi connectivity index (χ2n) is 4.17. The van der Waals surface area contributed by atoms with Gasteiger partial charge in [0, 0.05) is 11.9 Å². The van der Waals surface area contributed by atoms with Gasteiger partial charge in [-0.2, -0.15) is 8.42 Å². The van der Waals surface area contributed by atoms with Crippen LogP contribution in [0.2, 0.25) is 0 Å². The maximum absolute atomic E-state index is 11.6. The van der Waals surface area contributed by atoms with Gasteiger partial charge >= 0.3 is 22.3 Å². The average molecular weight is 305 g/mol. The molecular formula is C10H15N3O6S. The van der Waals surface area contributed by atoms with Gasteiger partial charge in [0.2, 0.25) is 0 Å². The number of nitrogens with one attached hydrogen (secondary N) is 3. The molecule has 1 rings (SSSR count). The highest BCUT2D eigenvalue weighted by Crippen LogP contribution is 2.19. The molecule has 0 aliphatic heterocycles. The Labute approximate surface area is 115 Å². The molecule has 0 radical (unpaired) electrons. The standard InChI is InChI=1S/C10H15N3O6S/c1-5(2)19-10(16)13-20(17,18)12-7-4-11-6(3)8(7)9(14)15/h4-5,11-12H,1-3H3,(H,13,16)(H,14,15). The summed E-state index contributed by atoms with van der Waals surface area (Å²) in [5, 5.41) is 8.97. The largest absolute Gasteiger partial charge is 0.478 e. The van der Waals surface area contributed by atoms with Crippen LogP contribution in [0.15, 0.2) is 6.20 Å². The monoisotopic (exact) mass is 305 g/mol. The first-order valence-corrected chi connectivity index (χ1v) is 7.03. The zero-order valence-electron chi connectivity index (χ0n) is 11.1. The Kier molecular flexibility index (Phi) is 4.61. The predicted molar refractivity (Wildman–Crippen MR) is 69.8 cm³/mol. The molecule has 4 N–H and O–H groups in total. The SMILES string of the molecule is Cc1[nH]cc(NS(=O)(=O)NC(=O)OC(C)C)c1C(=O)O. The Morgan fingerprint density at radius 1 is 1.40 bits per heavy atom. The van der Waals surface area contributed by atoms with Crippen molar-refractivity contribution in [2.24, 2.45) is 0 Å². The fraction of sp³-hybridized carbons (Fsp3) is 0.400. The minimum Gasteiger partial charge on any atom is -0.478 e. The highest BCUT2D eigenvalue weighted by Gasteiger charge is 2.22. The number of carboxylic acid groups (broad SMARTS) is 1. The first-order valence-electron chi connectivity index (χ1n) is 5.55. The van der Waals surface area contributed by atoms with Gasteiger partial charge in [0.05, 0.1) is 11.8 Å². The number of ether oxygens (including phenoxy) is 1. The molecule has 0 saturated heterocycles. The molecule has 1 heterocycles. The maximum atomic E-state index is 11.6. The number of anilines is 1. The van der Waals surface area contributed by atoms with Gasteiger partial charge in [-0.05, 0) is 20.8 Å². The molecule has 112 valence electrons. The Hall–Kier alpha value is -2.23. The quantitative estimate of drug-likeness (QED) is 0.635. The van der Waals surface area contributed by atoms with Crippen molar-refractivity contribution in [1.29, 1.82) is 0 Å². The normalized spacial score (nSPS) is 11.2. The molecular weight excluding hydrogens is 290 g/mol. The van der Waals surface area contributed by atoms with Crippen molar-refractivity contribution in [3.63, 3.8) is 0 Å². The lowest BCUT2D eigenvalue weighted by Crippen LogP contribution is -2.37. The number of carbonyl (C=O) groups excluding carboxylic acids is 1. The molecule has 20 heavy (non-hydrogen) atoms. The first-order chi connectivity index (χ1) is 9.12. The summed E-state index contributed by atoms with van der Waals surface area (Å²) in [7, 11) is -4.28. The highest BCUT2D eigenvalue weighted by atomic mass is 32.2. The molecule has 0 aromatic carbocycles. The van der Waals surface area contributed by atoms with E-state index in [1.807, 2.05) is 4.72 Å². The minimum atomic E-state index is -4.28. The number of carbonyl (C=O) groups is 2. The number of carboxylic acids is 1. The highest BCUT2D eigenvalue weighted by molar-refractivity contribution is 7.91. The molecule has 0 bridgehead atoms. The summed E-state index contributed by atoms with van der Waals surface area (Å²) in [5.74, 6) is -1.30. The smallest absolute Gasteiger partial charge is 0.422 e. The Bertz CT molecular complexity index is 619. The van der Waals surface area contributed by atoms with E-state index in [1.165, 1.54) is 13.1 Å². The van der Waals surface area contributed by atoms with Crippen molar-refractivity contribution in [2.45, 2.75) is 26.9 Å². The van der Waals surface area contributed by atoms with Crippen LogP contribution >= 0.6 is 0 Å². The molecule has 1 amide bonds. The zero-order chi connectivity index (χ0) is 15.5. The molecule has 0 fully saturated rings. The molecule has 9 nitrogen and oxygen atoms in total. The van der Waals surface area contributed by atoms with Gasteiger partial charge < -0.3 is 14.8 Å². The minimum absolute atomic E-state index is 0.181. The summed E-state index contributed by atoms with van der Waals surface area (Å²) in [4.78, 5) is 24.8. The van der Waals surface area contributed by atoms with E-state index in [0.717, 1.165) is 0 Å². The van der Waals surface area contributed by atoms with E-state index < -0.39 is 28.4 Å². The van der Waals surface area contributed by atoms with Crippen molar-refractivity contribution in [1.82, 2.24) is 9.71 Å². The van der Waals surface area contributed by atoms with Gasteiger partial charge in [0.1, 0.15) is 5.56 Å². The van der Waals surface area contributed by atoms with Crippen LogP contribution in [0.25, 0.3) is 0 Å². The number of amides is 1. The van der Waals surface area contributed by atoms with Crippen LogP contribution in [0, 0.1) is 6.92 Å². The molecule has 1 aromatic rings. The van der Waals surface area contributed by atoms with Crippen LogP contribution in [0.5, 0.6) is 0 Å². The number of aromatic amines is 1. The molecule has 0 unspecified atom stereocenters. The maximum Gasteiger partial charge on any atom is 0.422 e. The van der Waals surface area contributed by atoms with Crippen molar-refractivity contribution >= 4 is 28.0 Å². The number of H-pyrrole nitrogens is 1. The number of aromatic nitrogens is 1. The van der Waals surface area contributed by atoms with E-state index in [2.05, 4.69) is 9.72 Å². The van der Waals surface area contributed by atoms with E-state index >= 15 is 0 Å². The molecule has 1 aromatic heterocycles. The first kappa shape index (κ1) is 15.8. The van der Waals surface area contributed by atoms with E-state index in [9.17, 15) is 18.0 Å². The lowest BCUT2D eigenvalue weighted by atomic mass is 10.2. The summed E-state index contributed by atoms with van der Waals surface area (Å²) < 4.78 is 31.5. The topological polar surface area (TPSA) is 138 Å². The average Bonchev–Trinajstić information content (AvgIpc) is 2.55. The molecule has 0 atom stereocenters. The van der Waals surface area contributed by atoms with E-state index in [1.54, 1.807) is 18.6 Å². The van der Waals surface area contributed by atoms with Gasteiger partial charge in [0.25, 0.3) is 0 Å². The van der Waals surface area contributed by atoms with Crippen molar-refractivity contribution in [3.8, 4) is 0 Å². The fourth-order valence-corrected chi connectivity index (χ4v) is 2.17. The van der Waals surface area contributed by atoms with Gasteiger partial charge in [0.15, 0.2) is 0 Å². The summed E-state index contributed by atoms with van der Waals surface area (Å²) in [5.41, 5.74) is -0.132. The van der Waals surface area contributed by atoms with Crippen LogP contribution in [0.4, 0.5) is 10.5 Å². The number of aryl methyl sites for hydroxylation is 1. The molecule has 0 saturated carbocycles. The molecule has 10 heteroatoms. The number of hydrogen-bond donors (Lipinski definition) is 4. The van der Waals surface area contributed by atoms with Crippen molar-refractivity contribution in [3.05, 3.63) is 17.5 Å². The molecule has 0 aliphatic carbocycles. The van der Waals surface area contributed by atoms with Gasteiger partial charge in [-0.3, -0.25) is 4.72 Å². The van der Waals surface area contributed by atoms with Gasteiger partial charge in [-0.1, -0.05) is 0 Å². The van der Waals surface area contributed by atoms with Crippen LogP contribution in [0.3, 0.4) is 0 Å². The Balaban J connectivity index is 2.87. The van der Waals surface area contributed by atoms with E-state index in [0.29, 0.717) is 0 Å². The summed E-state index contributed by atoms with van der Waals surface area (Å²) in [6.07, 6.45) is -0.475. The van der Waals surface area contributed by atoms with Crippen LogP contribution in [-0.4, -0.2) is 36.7 Å². The summed E-state index contributed by atoms with van der Waals surface area (Å²) >= 11 is 0. The zero-order valence-corrected chi connectivity index (χ0v) is 11.9. The number of aromatic carboxylic acids is 1. The van der Waals surface area contributed by atoms with Crippen LogP contribution in [-0.2, 0) is 14.9 Å². The third kappa shape index (κ3) is 4.16. The second-order valence-corrected chi connectivity index (χ2v) is 5.58. The van der Waals surface area contributed by atoms with E-state index in [4.69, 9.17) is 5.11 Å². The Morgan fingerprint density at radius 2 is 2.00 bits per heavy atom. The van der Waals surface area contributed by atoms with Gasteiger partial charge in [-0.15, -0.1) is 0 Å². The van der Waals surface area contributed by atoms with Crippen LogP contribution < -0.4 is 9.44 Å². The lowest BCUT2D eigenvalue weighted by molar-refractivity contribution is 0.0697. The summed E-state index contributed by atoms with van der Waals surface area (Å²) in [6, 6.07) is 0. The third-order valence-electron chi connectivity index (χ3n) is 2.10. The predicted octanol–water partition coefficient (Wildman–Crippen LogP) is 0.813. The third-order valence-corrected chi connectivity index (χ3v) is 3.02. The lowest BCUT2D eigenvalue weighted by Gasteiger charge is -2.11. The fourth-order valence-electron chi connectivity index (χ4n) is 1.40. The summed E-state index contributed by atoms with van der Waals surface area (Å²) in [6.45, 7) is 4.58. The second kappa shape index (κ2) is 5.82. The van der Waals surface area contributed by atoms with Crippen molar-refractivity contribution in [2.75, 3.05) is 4.72 Å². The molecule has 0 spiro atoms. The van der Waals surface area contributed by atoms with E-state index in [-0.39, 0.29) is 16.9 Å². The van der Waals surface area contributed by atoms with Crippen LogP contribution in [0.1, 0.15) is 29.9 Å². The number of hydrogen-bond acceptors (Lipinski definition) is 5.